The van der Waals surface area contributed by atoms with Gasteiger partial charge < -0.3 is 9.64 Å². The number of amides is 1. The van der Waals surface area contributed by atoms with Gasteiger partial charge in [-0.05, 0) is 53.4 Å². The Morgan fingerprint density at radius 2 is 1.80 bits per heavy atom. The molecule has 0 N–H and O–H groups in total. The van der Waals surface area contributed by atoms with E-state index >= 15 is 0 Å². The van der Waals surface area contributed by atoms with E-state index in [-0.39, 0.29) is 12.3 Å². The summed E-state index contributed by atoms with van der Waals surface area (Å²) in [5, 5.41) is 10.8. The Morgan fingerprint density at radius 3 is 2.37 bits per heavy atom. The summed E-state index contributed by atoms with van der Waals surface area (Å²) in [6, 6.07) is 19.0. The lowest BCUT2D eigenvalue weighted by Crippen LogP contribution is -2.35. The molecule has 0 atom stereocenters. The van der Waals surface area contributed by atoms with Gasteiger partial charge >= 0.3 is 0 Å². The smallest absolute Gasteiger partial charge is 0.242 e. The van der Waals surface area contributed by atoms with Crippen molar-refractivity contribution in [2.45, 2.75) is 12.3 Å². The number of hydrogen-bond donors (Lipinski definition) is 0. The number of carbonyl (C=O) groups is 1. The first-order valence-corrected chi connectivity index (χ1v) is 11.8. The number of benzene rings is 2. The van der Waals surface area contributed by atoms with Crippen LogP contribution in [0.5, 0.6) is 5.75 Å². The van der Waals surface area contributed by atoms with Crippen LogP contribution in [0.15, 0.2) is 66.0 Å². The molecule has 0 unspecified atom stereocenters. The molecule has 1 amide bonds. The van der Waals surface area contributed by atoms with E-state index in [1.165, 1.54) is 16.2 Å². The second-order valence-corrected chi connectivity index (χ2v) is 9.69. The van der Waals surface area contributed by atoms with Gasteiger partial charge in [0.25, 0.3) is 0 Å². The van der Waals surface area contributed by atoms with Gasteiger partial charge in [-0.15, -0.1) is 11.3 Å². The maximum Gasteiger partial charge on any atom is 0.242 e. The third kappa shape index (κ3) is 5.69. The van der Waals surface area contributed by atoms with Gasteiger partial charge in [0.05, 0.1) is 31.0 Å². The number of carbonyl (C=O) groups excluding carboxylic acids is 1. The lowest BCUT2D eigenvalue weighted by molar-refractivity contribution is -0.116. The van der Waals surface area contributed by atoms with Gasteiger partial charge in [0, 0.05) is 10.6 Å². The van der Waals surface area contributed by atoms with Gasteiger partial charge in [-0.1, -0.05) is 18.2 Å². The molecule has 1 aromatic heterocycles. The third-order valence-corrected chi connectivity index (χ3v) is 6.71. The molecule has 0 saturated heterocycles. The van der Waals surface area contributed by atoms with Gasteiger partial charge in [0.2, 0.25) is 5.91 Å². The van der Waals surface area contributed by atoms with Crippen LogP contribution in [0.3, 0.4) is 0 Å². The Kier molecular flexibility index (Phi) is 6.87. The summed E-state index contributed by atoms with van der Waals surface area (Å²) in [5.74, 6) is -0.720. The van der Waals surface area contributed by atoms with E-state index in [2.05, 4.69) is 0 Å². The summed E-state index contributed by atoms with van der Waals surface area (Å²) in [7, 11) is -2.14. The topological polar surface area (TPSA) is 87.5 Å². The fourth-order valence-electron chi connectivity index (χ4n) is 2.89. The van der Waals surface area contributed by atoms with E-state index in [9.17, 15) is 13.2 Å². The molecule has 0 aliphatic rings. The molecule has 1 heterocycles. The van der Waals surface area contributed by atoms with Gasteiger partial charge in [0.1, 0.15) is 11.5 Å². The number of anilines is 1. The van der Waals surface area contributed by atoms with Gasteiger partial charge in [-0.3, -0.25) is 4.79 Å². The van der Waals surface area contributed by atoms with Gasteiger partial charge in [-0.2, -0.15) is 5.26 Å². The molecule has 2 aromatic carbocycles. The second kappa shape index (κ2) is 9.57. The zero-order valence-corrected chi connectivity index (χ0v) is 17.9. The van der Waals surface area contributed by atoms with E-state index in [1.54, 1.807) is 55.6 Å². The zero-order chi connectivity index (χ0) is 21.6. The molecule has 0 spiro atoms. The first-order valence-electron chi connectivity index (χ1n) is 9.06. The minimum Gasteiger partial charge on any atom is -0.497 e. The van der Waals surface area contributed by atoms with Crippen molar-refractivity contribution < 1.29 is 17.9 Å². The molecule has 0 aliphatic carbocycles. The number of nitriles is 1. The maximum atomic E-state index is 13.0. The number of thiophene rings is 1. The van der Waals surface area contributed by atoms with Crippen LogP contribution in [0.4, 0.5) is 5.69 Å². The molecule has 30 heavy (non-hydrogen) atoms. The molecular weight excluding hydrogens is 420 g/mol. The Bertz CT molecular complexity index is 1130. The van der Waals surface area contributed by atoms with Crippen LogP contribution >= 0.6 is 11.3 Å². The van der Waals surface area contributed by atoms with Crippen molar-refractivity contribution in [2.75, 3.05) is 17.8 Å². The average Bonchev–Trinajstić information content (AvgIpc) is 3.25. The fourth-order valence-corrected chi connectivity index (χ4v) is 4.92. The van der Waals surface area contributed by atoms with Crippen molar-refractivity contribution in [3.05, 3.63) is 82.0 Å². The molecule has 6 nitrogen and oxygen atoms in total. The highest BCUT2D eigenvalue weighted by Crippen LogP contribution is 2.23. The van der Waals surface area contributed by atoms with Crippen molar-refractivity contribution >= 4 is 32.8 Å². The van der Waals surface area contributed by atoms with Crippen LogP contribution in [-0.4, -0.2) is 27.2 Å². The Hall–Kier alpha value is -3.15. The van der Waals surface area contributed by atoms with Crippen molar-refractivity contribution in [3.63, 3.8) is 0 Å². The quantitative estimate of drug-likeness (QED) is 0.532. The van der Waals surface area contributed by atoms with E-state index in [0.717, 1.165) is 4.88 Å². The maximum absolute atomic E-state index is 13.0. The molecule has 0 saturated carbocycles. The molecule has 0 radical (unpaired) electrons. The highest BCUT2D eigenvalue weighted by molar-refractivity contribution is 7.91. The number of hydrogen-bond acceptors (Lipinski definition) is 6. The van der Waals surface area contributed by atoms with Crippen molar-refractivity contribution in [3.8, 4) is 11.8 Å². The van der Waals surface area contributed by atoms with Crippen molar-refractivity contribution in [1.82, 2.24) is 0 Å². The third-order valence-electron chi connectivity index (χ3n) is 4.39. The minimum absolute atomic E-state index is 0.264. The Morgan fingerprint density at radius 1 is 1.10 bits per heavy atom. The summed E-state index contributed by atoms with van der Waals surface area (Å²) in [6.07, 6.45) is 0. The van der Waals surface area contributed by atoms with E-state index in [4.69, 9.17) is 10.00 Å². The minimum atomic E-state index is -3.69. The SMILES string of the molecule is COc1ccc(N(Cc2cccs2)C(=O)CS(=O)(=O)Cc2ccc(C#N)cc2)cc1. The predicted octanol–water partition coefficient (Wildman–Crippen LogP) is 3.78. The van der Waals surface area contributed by atoms with Crippen LogP contribution in [0.25, 0.3) is 0 Å². The highest BCUT2D eigenvalue weighted by atomic mass is 32.2. The van der Waals surface area contributed by atoms with Gasteiger partial charge in [0.15, 0.2) is 9.84 Å². The number of nitrogens with zero attached hydrogens (tertiary/aromatic N) is 2. The van der Waals surface area contributed by atoms with Crippen LogP contribution in [0.2, 0.25) is 0 Å². The lowest BCUT2D eigenvalue weighted by Gasteiger charge is -2.22. The number of ether oxygens (including phenoxy) is 1. The summed E-state index contributed by atoms with van der Waals surface area (Å²) in [5.41, 5.74) is 1.59. The molecule has 3 aromatic rings. The van der Waals surface area contributed by atoms with Crippen LogP contribution < -0.4 is 9.64 Å². The van der Waals surface area contributed by atoms with Crippen molar-refractivity contribution in [2.24, 2.45) is 0 Å². The molecular formula is C22H20N2O4S2. The summed E-state index contributed by atoms with van der Waals surface area (Å²) < 4.78 is 30.5. The molecule has 0 bridgehead atoms. The number of sulfone groups is 1. The first-order chi connectivity index (χ1) is 14.4. The van der Waals surface area contributed by atoms with Gasteiger partial charge in [-0.25, -0.2) is 8.42 Å². The molecule has 8 heteroatoms. The van der Waals surface area contributed by atoms with E-state index < -0.39 is 21.5 Å². The normalized spacial score (nSPS) is 10.9. The van der Waals surface area contributed by atoms with E-state index in [1.807, 2.05) is 23.6 Å². The Labute approximate surface area is 179 Å². The summed E-state index contributed by atoms with van der Waals surface area (Å²) in [4.78, 5) is 15.4. The first kappa shape index (κ1) is 21.6. The monoisotopic (exact) mass is 440 g/mol. The average molecular weight is 441 g/mol. The number of rotatable bonds is 8. The molecule has 3 rings (SSSR count). The summed E-state index contributed by atoms with van der Waals surface area (Å²) >= 11 is 1.50. The zero-order valence-electron chi connectivity index (χ0n) is 16.3. The van der Waals surface area contributed by atoms with Crippen LogP contribution in [-0.2, 0) is 26.9 Å². The second-order valence-electron chi connectivity index (χ2n) is 6.60. The fraction of sp³-hybridized carbons (Fsp3) is 0.182. The molecule has 0 aliphatic heterocycles. The number of methoxy groups -OCH3 is 1. The van der Waals surface area contributed by atoms with Crippen LogP contribution in [0.1, 0.15) is 16.0 Å². The predicted molar refractivity (Wildman–Crippen MR) is 117 cm³/mol. The standard InChI is InChI=1S/C22H20N2O4S2/c1-28-20-10-8-19(9-11-20)24(14-21-3-2-12-29-21)22(25)16-30(26,27)15-18-6-4-17(13-23)5-7-18/h2-12H,14-16H2,1H3. The molecule has 154 valence electrons. The highest BCUT2D eigenvalue weighted by Gasteiger charge is 2.24. The van der Waals surface area contributed by atoms with E-state index in [0.29, 0.717) is 22.6 Å². The largest absolute Gasteiger partial charge is 0.497 e. The van der Waals surface area contributed by atoms with Crippen molar-refractivity contribution in [1.29, 1.82) is 5.26 Å². The molecule has 0 fully saturated rings. The Balaban J connectivity index is 1.79. The lowest BCUT2D eigenvalue weighted by atomic mass is 10.2. The summed E-state index contributed by atoms with van der Waals surface area (Å²) in [6.45, 7) is 0.287. The van der Waals surface area contributed by atoms with Crippen LogP contribution in [0, 0.1) is 11.3 Å².